The van der Waals surface area contributed by atoms with E-state index in [1.807, 2.05) is 0 Å². The molecule has 0 unspecified atom stereocenters. The Labute approximate surface area is 160 Å². The van der Waals surface area contributed by atoms with Crippen LogP contribution in [0.1, 0.15) is 37.1 Å². The van der Waals surface area contributed by atoms with Crippen LogP contribution in [0.5, 0.6) is 11.5 Å². The first kappa shape index (κ1) is 19.6. The normalized spacial score (nSPS) is 26.5. The van der Waals surface area contributed by atoms with Crippen molar-refractivity contribution in [1.82, 2.24) is 0 Å². The molecule has 0 saturated carbocycles. The van der Waals surface area contributed by atoms with E-state index in [-0.39, 0.29) is 11.5 Å². The molecule has 2 aromatic rings. The fourth-order valence-electron chi connectivity index (χ4n) is 4.43. The van der Waals surface area contributed by atoms with Crippen LogP contribution in [0, 0.1) is 25.6 Å². The van der Waals surface area contributed by atoms with Crippen molar-refractivity contribution in [2.75, 3.05) is 0 Å². The summed E-state index contributed by atoms with van der Waals surface area (Å²) < 4.78 is 0. The number of piperidine rings is 1. The molecule has 4 atom stereocenters. The number of quaternary nitrogens is 1. The minimum absolute atomic E-state index is 0.109. The summed E-state index contributed by atoms with van der Waals surface area (Å²) in [6, 6.07) is 8.17. The van der Waals surface area contributed by atoms with Gasteiger partial charge in [0.15, 0.2) is 12.1 Å². The monoisotopic (exact) mass is 388 g/mol. The number of para-hydroxylation sites is 2. The second-order valence-electron chi connectivity index (χ2n) is 7.64. The van der Waals surface area contributed by atoms with Crippen molar-refractivity contribution in [3.8, 4) is 11.5 Å². The van der Waals surface area contributed by atoms with Crippen molar-refractivity contribution in [3.05, 3.63) is 79.9 Å². The van der Waals surface area contributed by atoms with Gasteiger partial charge in [0, 0.05) is 9.85 Å². The zero-order valence-corrected chi connectivity index (χ0v) is 15.4. The first-order chi connectivity index (χ1) is 13.2. The standard InChI is InChI=1S/C19H21N3O6/c1-19(2)17(21(25)26)15(11-7-3-5-9-13(11)23)20-16(18(19)22(27)28)12-8-4-6-10-14(12)24/h3-10,15-18,20,23-24H,1-2H3/p+1/t15-,16-,17+,18+/m1/s1. The number of phenolic OH excluding ortho intramolecular Hbond substituents is 2. The van der Waals surface area contributed by atoms with Crippen LogP contribution in [-0.2, 0) is 0 Å². The SMILES string of the molecule is CC1(C)[C@@H]([N+](=O)[O-])[C@@H](c2ccccc2O)[NH2+][C@H](c2ccccc2O)[C@@H]1[N+](=O)[O-]. The number of phenols is 2. The van der Waals surface area contributed by atoms with Crippen LogP contribution in [0.2, 0.25) is 0 Å². The Balaban J connectivity index is 2.21. The molecular weight excluding hydrogens is 366 g/mol. The maximum Gasteiger partial charge on any atom is 0.279 e. The predicted octanol–water partition coefficient (Wildman–Crippen LogP) is 1.77. The highest BCUT2D eigenvalue weighted by Gasteiger charge is 2.66. The lowest BCUT2D eigenvalue weighted by atomic mass is 9.66. The van der Waals surface area contributed by atoms with Gasteiger partial charge in [0.2, 0.25) is 0 Å². The van der Waals surface area contributed by atoms with E-state index >= 15 is 0 Å². The van der Waals surface area contributed by atoms with Gasteiger partial charge >= 0.3 is 0 Å². The second kappa shape index (κ2) is 7.08. The Morgan fingerprint density at radius 3 is 1.50 bits per heavy atom. The third kappa shape index (κ3) is 3.13. The number of hydrogen-bond acceptors (Lipinski definition) is 6. The molecular formula is C19H22N3O6+. The lowest BCUT2D eigenvalue weighted by Gasteiger charge is -2.41. The second-order valence-corrected chi connectivity index (χ2v) is 7.64. The van der Waals surface area contributed by atoms with Crippen LogP contribution >= 0.6 is 0 Å². The molecule has 0 spiro atoms. The van der Waals surface area contributed by atoms with E-state index in [1.165, 1.54) is 31.3 Å². The molecule has 1 saturated heterocycles. The first-order valence-corrected chi connectivity index (χ1v) is 8.84. The molecule has 0 amide bonds. The zero-order valence-electron chi connectivity index (χ0n) is 15.4. The molecule has 9 heteroatoms. The number of nitro groups is 2. The van der Waals surface area contributed by atoms with Crippen molar-refractivity contribution >= 4 is 0 Å². The van der Waals surface area contributed by atoms with Crippen molar-refractivity contribution in [3.63, 3.8) is 0 Å². The van der Waals surface area contributed by atoms with Gasteiger partial charge in [-0.25, -0.2) is 0 Å². The molecule has 0 aliphatic carbocycles. The van der Waals surface area contributed by atoms with Gasteiger partial charge in [-0.3, -0.25) is 20.2 Å². The number of benzene rings is 2. The molecule has 28 heavy (non-hydrogen) atoms. The lowest BCUT2D eigenvalue weighted by molar-refractivity contribution is -0.818. The van der Waals surface area contributed by atoms with Gasteiger partial charge in [-0.15, -0.1) is 0 Å². The van der Waals surface area contributed by atoms with E-state index in [1.54, 1.807) is 36.4 Å². The Morgan fingerprint density at radius 2 is 1.18 bits per heavy atom. The van der Waals surface area contributed by atoms with Crippen LogP contribution in [0.15, 0.2) is 48.5 Å². The molecule has 1 aliphatic rings. The quantitative estimate of drug-likeness (QED) is 0.538. The van der Waals surface area contributed by atoms with Gasteiger partial charge in [-0.2, -0.15) is 0 Å². The van der Waals surface area contributed by atoms with Gasteiger partial charge < -0.3 is 15.5 Å². The lowest BCUT2D eigenvalue weighted by Crippen LogP contribution is -2.96. The molecule has 0 aromatic heterocycles. The highest BCUT2D eigenvalue weighted by atomic mass is 16.6. The summed E-state index contributed by atoms with van der Waals surface area (Å²) in [5.74, 6) is -0.219. The number of aromatic hydroxyl groups is 2. The highest BCUT2D eigenvalue weighted by molar-refractivity contribution is 5.37. The van der Waals surface area contributed by atoms with E-state index in [9.17, 15) is 30.4 Å². The molecule has 4 N–H and O–H groups in total. The minimum Gasteiger partial charge on any atom is -0.507 e. The number of nitrogens with zero attached hydrogens (tertiary/aromatic N) is 2. The average molecular weight is 388 g/mol. The van der Waals surface area contributed by atoms with Crippen LogP contribution in [-0.4, -0.2) is 32.1 Å². The van der Waals surface area contributed by atoms with Gasteiger partial charge in [0.1, 0.15) is 16.9 Å². The molecule has 2 aromatic carbocycles. The highest BCUT2D eigenvalue weighted by Crippen LogP contribution is 2.45. The smallest absolute Gasteiger partial charge is 0.279 e. The number of nitrogens with two attached hydrogens (primary N) is 1. The summed E-state index contributed by atoms with van der Waals surface area (Å²) in [4.78, 5) is 22.9. The molecule has 148 valence electrons. The fraction of sp³-hybridized carbons (Fsp3) is 0.368. The molecule has 0 radical (unpaired) electrons. The topological polar surface area (TPSA) is 143 Å². The van der Waals surface area contributed by atoms with Crippen LogP contribution < -0.4 is 5.32 Å². The molecule has 1 aliphatic heterocycles. The maximum absolute atomic E-state index is 12.0. The van der Waals surface area contributed by atoms with Crippen LogP contribution in [0.3, 0.4) is 0 Å². The Kier molecular flexibility index (Phi) is 4.95. The summed E-state index contributed by atoms with van der Waals surface area (Å²) in [6.07, 6.45) is 0. The first-order valence-electron chi connectivity index (χ1n) is 8.84. The van der Waals surface area contributed by atoms with E-state index in [0.29, 0.717) is 11.1 Å². The minimum atomic E-state index is -1.36. The van der Waals surface area contributed by atoms with Crippen molar-refractivity contribution < 1.29 is 25.4 Å². The summed E-state index contributed by atoms with van der Waals surface area (Å²) in [5, 5.41) is 46.1. The van der Waals surface area contributed by atoms with E-state index < -0.39 is 39.4 Å². The molecule has 1 fully saturated rings. The molecule has 9 nitrogen and oxygen atoms in total. The molecule has 3 rings (SSSR count). The van der Waals surface area contributed by atoms with E-state index in [0.717, 1.165) is 0 Å². The third-order valence-corrected chi connectivity index (χ3v) is 5.67. The van der Waals surface area contributed by atoms with Gasteiger partial charge in [0.05, 0.1) is 11.1 Å². The average Bonchev–Trinajstić information content (AvgIpc) is 2.60. The van der Waals surface area contributed by atoms with Crippen molar-refractivity contribution in [2.45, 2.75) is 38.0 Å². The van der Waals surface area contributed by atoms with Gasteiger partial charge in [-0.1, -0.05) is 24.3 Å². The Bertz CT molecular complexity index is 845. The van der Waals surface area contributed by atoms with Crippen molar-refractivity contribution in [2.24, 2.45) is 5.41 Å². The largest absolute Gasteiger partial charge is 0.507 e. The Hall–Kier alpha value is -3.20. The summed E-state index contributed by atoms with van der Waals surface area (Å²) in [6.45, 7) is 3.00. The van der Waals surface area contributed by atoms with Crippen molar-refractivity contribution in [1.29, 1.82) is 0 Å². The Morgan fingerprint density at radius 1 is 0.821 bits per heavy atom. The van der Waals surface area contributed by atoms with E-state index in [2.05, 4.69) is 0 Å². The fourth-order valence-corrected chi connectivity index (χ4v) is 4.43. The van der Waals surface area contributed by atoms with Crippen LogP contribution in [0.25, 0.3) is 0 Å². The predicted molar refractivity (Wildman–Crippen MR) is 99.0 cm³/mol. The third-order valence-electron chi connectivity index (χ3n) is 5.67. The molecule has 1 heterocycles. The summed E-state index contributed by atoms with van der Waals surface area (Å²) >= 11 is 0. The summed E-state index contributed by atoms with van der Waals surface area (Å²) in [5.41, 5.74) is -0.694. The number of rotatable bonds is 4. The number of hydrogen-bond donors (Lipinski definition) is 3. The molecule has 0 bridgehead atoms. The van der Waals surface area contributed by atoms with E-state index in [4.69, 9.17) is 0 Å². The van der Waals surface area contributed by atoms with Gasteiger partial charge in [0.25, 0.3) is 12.1 Å². The summed E-state index contributed by atoms with van der Waals surface area (Å²) in [7, 11) is 0. The zero-order chi connectivity index (χ0) is 20.6. The van der Waals surface area contributed by atoms with Gasteiger partial charge in [-0.05, 0) is 38.1 Å². The van der Waals surface area contributed by atoms with Crippen LogP contribution in [0.4, 0.5) is 0 Å². The maximum atomic E-state index is 12.0.